The molecule has 1 aliphatic heterocycles. The molecule has 1 aromatic rings. The molecular formula is C28H42N2O6. The Kier molecular flexibility index (Phi) is 8.15. The van der Waals surface area contributed by atoms with Crippen LogP contribution in [0.2, 0.25) is 0 Å². The maximum atomic E-state index is 13.2. The van der Waals surface area contributed by atoms with Crippen LogP contribution < -0.4 is 10.1 Å². The van der Waals surface area contributed by atoms with Crippen LogP contribution in [0.15, 0.2) is 24.3 Å². The summed E-state index contributed by atoms with van der Waals surface area (Å²) < 4.78 is 11.1. The summed E-state index contributed by atoms with van der Waals surface area (Å²) in [6, 6.07) is 7.07. The van der Waals surface area contributed by atoms with Crippen molar-refractivity contribution >= 4 is 17.7 Å². The second kappa shape index (κ2) is 11.0. The van der Waals surface area contributed by atoms with E-state index in [9.17, 15) is 19.8 Å². The fraction of sp³-hybridized carbons (Fsp3) is 0.714. The Hall–Kier alpha value is -2.32. The van der Waals surface area contributed by atoms with Crippen LogP contribution in [-0.2, 0) is 9.53 Å². The van der Waals surface area contributed by atoms with Gasteiger partial charge in [-0.25, -0.2) is 4.79 Å². The van der Waals surface area contributed by atoms with Crippen LogP contribution in [0.1, 0.15) is 65.2 Å². The van der Waals surface area contributed by atoms with Crippen LogP contribution in [0.5, 0.6) is 5.75 Å². The van der Waals surface area contributed by atoms with Gasteiger partial charge in [-0.05, 0) is 74.3 Å². The van der Waals surface area contributed by atoms with Crippen molar-refractivity contribution in [1.82, 2.24) is 4.90 Å². The third-order valence-corrected chi connectivity index (χ3v) is 9.34. The van der Waals surface area contributed by atoms with Gasteiger partial charge in [-0.15, -0.1) is 0 Å². The number of anilines is 1. The molecule has 0 aromatic heterocycles. The number of likely N-dealkylation sites (tertiary alicyclic amines) is 1. The fourth-order valence-electron chi connectivity index (χ4n) is 7.22. The molecule has 0 radical (unpaired) electrons. The zero-order valence-electron chi connectivity index (χ0n) is 21.9. The Morgan fingerprint density at radius 1 is 1.14 bits per heavy atom. The molecule has 2 amide bonds. The molecule has 6 atom stereocenters. The number of nitrogens with zero attached hydrogens (tertiary/aromatic N) is 1. The Morgan fingerprint density at radius 2 is 1.89 bits per heavy atom. The van der Waals surface area contributed by atoms with Crippen molar-refractivity contribution in [1.29, 1.82) is 0 Å². The lowest BCUT2D eigenvalue weighted by Gasteiger charge is -2.60. The zero-order valence-corrected chi connectivity index (χ0v) is 21.9. The van der Waals surface area contributed by atoms with Gasteiger partial charge in [0.15, 0.2) is 0 Å². The molecule has 0 spiro atoms. The van der Waals surface area contributed by atoms with E-state index < -0.39 is 23.7 Å². The average Bonchev–Trinajstić information content (AvgIpc) is 2.88. The number of aliphatic hydroxyl groups excluding tert-OH is 2. The number of aliphatic hydroxyl groups is 2. The minimum Gasteiger partial charge on any atom is -0.497 e. The molecule has 1 aromatic carbocycles. The largest absolute Gasteiger partial charge is 0.497 e. The summed E-state index contributed by atoms with van der Waals surface area (Å²) in [4.78, 5) is 27.9. The van der Waals surface area contributed by atoms with Gasteiger partial charge in [-0.1, -0.05) is 19.9 Å². The predicted octanol–water partition coefficient (Wildman–Crippen LogP) is 4.20. The highest BCUT2D eigenvalue weighted by molar-refractivity contribution is 5.85. The molecule has 3 aliphatic rings. The second-order valence-corrected chi connectivity index (χ2v) is 11.4. The summed E-state index contributed by atoms with van der Waals surface area (Å²) in [7, 11) is 1.57. The number of piperidine rings is 1. The Labute approximate surface area is 214 Å². The molecule has 1 heterocycles. The van der Waals surface area contributed by atoms with Crippen molar-refractivity contribution in [3.63, 3.8) is 0 Å². The molecule has 8 heteroatoms. The van der Waals surface area contributed by atoms with Crippen molar-refractivity contribution in [2.75, 3.05) is 32.1 Å². The first kappa shape index (κ1) is 26.7. The van der Waals surface area contributed by atoms with Crippen molar-refractivity contribution in [3.8, 4) is 5.75 Å². The minimum absolute atomic E-state index is 0.0147. The Morgan fingerprint density at radius 3 is 2.58 bits per heavy atom. The molecule has 36 heavy (non-hydrogen) atoms. The number of amides is 2. The van der Waals surface area contributed by atoms with E-state index >= 15 is 0 Å². The lowest BCUT2D eigenvalue weighted by molar-refractivity contribution is -0.186. The lowest BCUT2D eigenvalue weighted by Crippen LogP contribution is -2.61. The van der Waals surface area contributed by atoms with Crippen LogP contribution in [-0.4, -0.2) is 66.1 Å². The van der Waals surface area contributed by atoms with Gasteiger partial charge in [0.05, 0.1) is 19.8 Å². The number of hydrogen-bond acceptors (Lipinski definition) is 6. The van der Waals surface area contributed by atoms with E-state index in [-0.39, 0.29) is 29.8 Å². The third-order valence-electron chi connectivity index (χ3n) is 9.34. The van der Waals surface area contributed by atoms with Gasteiger partial charge in [0, 0.05) is 36.7 Å². The summed E-state index contributed by atoms with van der Waals surface area (Å²) in [5.74, 6) is 0.596. The number of hydrogen-bond donors (Lipinski definition) is 3. The van der Waals surface area contributed by atoms with Gasteiger partial charge in [0.1, 0.15) is 11.9 Å². The number of benzene rings is 1. The van der Waals surface area contributed by atoms with E-state index in [1.165, 1.54) is 0 Å². The van der Waals surface area contributed by atoms with E-state index in [4.69, 9.17) is 9.47 Å². The SMILES string of the molecule is COc1cccc(NC(=O)OC2CCC3(C)C(CC(=O)N4CCCCC4)C(O)CCC3C2(C)CO)c1. The van der Waals surface area contributed by atoms with Crippen LogP contribution in [0, 0.1) is 22.7 Å². The van der Waals surface area contributed by atoms with Crippen molar-refractivity contribution in [2.45, 2.75) is 77.4 Å². The number of fused-ring (bicyclic) bond motifs is 1. The van der Waals surface area contributed by atoms with Gasteiger partial charge < -0.3 is 24.6 Å². The topological polar surface area (TPSA) is 108 Å². The van der Waals surface area contributed by atoms with E-state index in [0.29, 0.717) is 30.7 Å². The first-order valence-electron chi connectivity index (χ1n) is 13.4. The van der Waals surface area contributed by atoms with Gasteiger partial charge >= 0.3 is 6.09 Å². The number of nitrogens with one attached hydrogen (secondary N) is 1. The zero-order chi connectivity index (χ0) is 25.9. The van der Waals surface area contributed by atoms with E-state index in [1.54, 1.807) is 31.4 Å². The maximum absolute atomic E-state index is 13.2. The number of rotatable bonds is 6. The lowest BCUT2D eigenvalue weighted by atomic mass is 9.46. The Bertz CT molecular complexity index is 934. The monoisotopic (exact) mass is 502 g/mol. The smallest absolute Gasteiger partial charge is 0.411 e. The molecule has 200 valence electrons. The second-order valence-electron chi connectivity index (χ2n) is 11.4. The summed E-state index contributed by atoms with van der Waals surface area (Å²) in [5.41, 5.74) is -0.433. The number of carbonyl (C=O) groups excluding carboxylic acids is 2. The predicted molar refractivity (Wildman–Crippen MR) is 137 cm³/mol. The standard InChI is InChI=1S/C28H42N2O6/c1-27-13-12-24(36-26(34)29-19-8-7-9-20(16-19)35-3)28(2,18-31)23(27)11-10-22(32)21(27)17-25(33)30-14-5-4-6-15-30/h7-9,16,21-24,31-32H,4-6,10-15,17-18H2,1-3H3,(H,29,34). The highest BCUT2D eigenvalue weighted by atomic mass is 16.6. The van der Waals surface area contributed by atoms with Crippen LogP contribution >= 0.6 is 0 Å². The molecule has 1 saturated heterocycles. The summed E-state index contributed by atoms with van der Waals surface area (Å²) >= 11 is 0. The minimum atomic E-state index is -0.675. The summed E-state index contributed by atoms with van der Waals surface area (Å²) in [6.07, 6.45) is 4.58. The van der Waals surface area contributed by atoms with Crippen molar-refractivity contribution in [2.24, 2.45) is 22.7 Å². The van der Waals surface area contributed by atoms with Crippen LogP contribution in [0.25, 0.3) is 0 Å². The average molecular weight is 503 g/mol. The summed E-state index contributed by atoms with van der Waals surface area (Å²) in [6.45, 7) is 5.62. The molecular weight excluding hydrogens is 460 g/mol. The molecule has 6 unspecified atom stereocenters. The highest BCUT2D eigenvalue weighted by Crippen LogP contribution is 2.61. The van der Waals surface area contributed by atoms with E-state index in [0.717, 1.165) is 45.2 Å². The molecule has 8 nitrogen and oxygen atoms in total. The first-order chi connectivity index (χ1) is 17.2. The van der Waals surface area contributed by atoms with E-state index in [1.807, 2.05) is 11.8 Å². The van der Waals surface area contributed by atoms with Gasteiger partial charge in [0.25, 0.3) is 0 Å². The van der Waals surface area contributed by atoms with E-state index in [2.05, 4.69) is 12.2 Å². The number of ether oxygens (including phenoxy) is 2. The third kappa shape index (κ3) is 5.21. The van der Waals surface area contributed by atoms with Crippen molar-refractivity contribution in [3.05, 3.63) is 24.3 Å². The Balaban J connectivity index is 1.48. The normalized spacial score (nSPS) is 34.4. The molecule has 2 aliphatic carbocycles. The van der Waals surface area contributed by atoms with Crippen molar-refractivity contribution < 1.29 is 29.3 Å². The molecule has 2 saturated carbocycles. The first-order valence-corrected chi connectivity index (χ1v) is 13.4. The molecule has 4 rings (SSSR count). The number of methoxy groups -OCH3 is 1. The fourth-order valence-corrected chi connectivity index (χ4v) is 7.22. The number of carbonyl (C=O) groups is 2. The van der Waals surface area contributed by atoms with Gasteiger partial charge in [-0.3, -0.25) is 10.1 Å². The maximum Gasteiger partial charge on any atom is 0.411 e. The highest BCUT2D eigenvalue weighted by Gasteiger charge is 2.60. The quantitative estimate of drug-likeness (QED) is 0.538. The van der Waals surface area contributed by atoms with Gasteiger partial charge in [-0.2, -0.15) is 0 Å². The van der Waals surface area contributed by atoms with Crippen LogP contribution in [0.4, 0.5) is 10.5 Å². The van der Waals surface area contributed by atoms with Crippen LogP contribution in [0.3, 0.4) is 0 Å². The molecule has 3 fully saturated rings. The van der Waals surface area contributed by atoms with Gasteiger partial charge in [0.2, 0.25) is 5.91 Å². The molecule has 0 bridgehead atoms. The summed E-state index contributed by atoms with van der Waals surface area (Å²) in [5, 5.41) is 24.4. The molecule has 3 N–H and O–H groups in total.